The average Bonchev–Trinajstić information content (AvgIpc) is 3.28. The van der Waals surface area contributed by atoms with Crippen molar-refractivity contribution in [1.29, 1.82) is 0 Å². The van der Waals surface area contributed by atoms with Gasteiger partial charge in [0.05, 0.1) is 12.7 Å². The van der Waals surface area contributed by atoms with Crippen LogP contribution in [-0.2, 0) is 6.54 Å². The highest BCUT2D eigenvalue weighted by molar-refractivity contribution is 5.52. The molecule has 3 heterocycles. The van der Waals surface area contributed by atoms with Crippen LogP contribution in [0.1, 0.15) is 30.3 Å². The summed E-state index contributed by atoms with van der Waals surface area (Å²) >= 11 is 0. The standard InChI is InChI=1S/C18H20N4O/c1-2-4-15(5-3-1)18-21-12-16(23-18)13-22-10-6-14(7-11-22)17-19-8-9-20-17/h1-5,8-9,12,14H,6-7,10-11,13H2,(H,19,20). The van der Waals surface area contributed by atoms with E-state index in [9.17, 15) is 0 Å². The Bertz CT molecular complexity index is 727. The van der Waals surface area contributed by atoms with Crippen molar-refractivity contribution in [2.24, 2.45) is 0 Å². The molecule has 0 spiro atoms. The van der Waals surface area contributed by atoms with Crippen LogP contribution in [0.4, 0.5) is 0 Å². The van der Waals surface area contributed by atoms with E-state index in [0.717, 1.165) is 49.6 Å². The summed E-state index contributed by atoms with van der Waals surface area (Å²) in [5, 5.41) is 0. The van der Waals surface area contributed by atoms with Gasteiger partial charge in [-0.25, -0.2) is 9.97 Å². The van der Waals surface area contributed by atoms with Crippen molar-refractivity contribution in [1.82, 2.24) is 19.9 Å². The summed E-state index contributed by atoms with van der Waals surface area (Å²) in [5.41, 5.74) is 1.02. The minimum absolute atomic E-state index is 0.552. The molecule has 1 aliphatic rings. The lowest BCUT2D eigenvalue weighted by Crippen LogP contribution is -2.32. The molecular formula is C18H20N4O. The van der Waals surface area contributed by atoms with Gasteiger partial charge in [0.25, 0.3) is 0 Å². The van der Waals surface area contributed by atoms with Crippen molar-refractivity contribution >= 4 is 0 Å². The van der Waals surface area contributed by atoms with Crippen molar-refractivity contribution in [2.75, 3.05) is 13.1 Å². The topological polar surface area (TPSA) is 58.0 Å². The van der Waals surface area contributed by atoms with E-state index in [1.54, 1.807) is 0 Å². The molecule has 1 N–H and O–H groups in total. The number of likely N-dealkylation sites (tertiary alicyclic amines) is 1. The first-order chi connectivity index (χ1) is 11.4. The SMILES string of the molecule is c1ccc(-c2ncc(CN3CCC(c4ncc[nH]4)CC3)o2)cc1. The number of H-pyrrole nitrogens is 1. The largest absolute Gasteiger partial charge is 0.440 e. The quantitative estimate of drug-likeness (QED) is 0.802. The van der Waals surface area contributed by atoms with Gasteiger partial charge in [0, 0.05) is 23.9 Å². The normalized spacial score (nSPS) is 16.7. The zero-order valence-electron chi connectivity index (χ0n) is 13.0. The van der Waals surface area contributed by atoms with Gasteiger partial charge in [-0.05, 0) is 38.1 Å². The van der Waals surface area contributed by atoms with E-state index in [0.29, 0.717) is 11.8 Å². The van der Waals surface area contributed by atoms with E-state index in [4.69, 9.17) is 4.42 Å². The number of aromatic nitrogens is 3. The van der Waals surface area contributed by atoms with E-state index in [1.165, 1.54) is 0 Å². The fourth-order valence-electron chi connectivity index (χ4n) is 3.18. The predicted octanol–water partition coefficient (Wildman–Crippen LogP) is 3.44. The summed E-state index contributed by atoms with van der Waals surface area (Å²) in [5.74, 6) is 3.30. The van der Waals surface area contributed by atoms with E-state index in [-0.39, 0.29) is 0 Å². The predicted molar refractivity (Wildman–Crippen MR) is 87.8 cm³/mol. The number of hydrogen-bond acceptors (Lipinski definition) is 4. The summed E-state index contributed by atoms with van der Waals surface area (Å²) < 4.78 is 5.90. The molecule has 1 saturated heterocycles. The van der Waals surface area contributed by atoms with Gasteiger partial charge in [0.2, 0.25) is 5.89 Å². The van der Waals surface area contributed by atoms with Crippen LogP contribution >= 0.6 is 0 Å². The molecule has 0 saturated carbocycles. The number of aromatic amines is 1. The van der Waals surface area contributed by atoms with E-state index >= 15 is 0 Å². The van der Waals surface area contributed by atoms with Gasteiger partial charge in [-0.2, -0.15) is 0 Å². The van der Waals surface area contributed by atoms with Crippen molar-refractivity contribution < 1.29 is 4.42 Å². The zero-order valence-corrected chi connectivity index (χ0v) is 13.0. The molecule has 0 bridgehead atoms. The Labute approximate surface area is 135 Å². The molecule has 5 nitrogen and oxygen atoms in total. The van der Waals surface area contributed by atoms with Crippen molar-refractivity contribution in [3.8, 4) is 11.5 Å². The number of benzene rings is 1. The van der Waals surface area contributed by atoms with E-state index in [2.05, 4.69) is 19.9 Å². The molecule has 3 aromatic rings. The van der Waals surface area contributed by atoms with Crippen LogP contribution in [0.25, 0.3) is 11.5 Å². The lowest BCUT2D eigenvalue weighted by molar-refractivity contribution is 0.189. The third kappa shape index (κ3) is 3.19. The van der Waals surface area contributed by atoms with Gasteiger partial charge in [-0.3, -0.25) is 4.90 Å². The van der Waals surface area contributed by atoms with Crippen molar-refractivity contribution in [3.05, 3.63) is 60.5 Å². The summed E-state index contributed by atoms with van der Waals surface area (Å²) in [6.45, 7) is 2.95. The highest BCUT2D eigenvalue weighted by Gasteiger charge is 2.23. The molecule has 1 aromatic carbocycles. The number of rotatable bonds is 4. The van der Waals surface area contributed by atoms with Gasteiger partial charge in [0.1, 0.15) is 11.6 Å². The fourth-order valence-corrected chi connectivity index (χ4v) is 3.18. The minimum atomic E-state index is 0.552. The fraction of sp³-hybridized carbons (Fsp3) is 0.333. The number of hydrogen-bond donors (Lipinski definition) is 1. The maximum Gasteiger partial charge on any atom is 0.226 e. The highest BCUT2D eigenvalue weighted by atomic mass is 16.4. The third-order valence-corrected chi connectivity index (χ3v) is 4.45. The first kappa shape index (κ1) is 14.2. The van der Waals surface area contributed by atoms with Gasteiger partial charge >= 0.3 is 0 Å². The maximum absolute atomic E-state index is 5.90. The molecule has 1 aliphatic heterocycles. The van der Waals surface area contributed by atoms with Gasteiger partial charge in [-0.15, -0.1) is 0 Å². The molecule has 118 valence electrons. The first-order valence-corrected chi connectivity index (χ1v) is 8.10. The molecule has 0 aliphatic carbocycles. The zero-order chi connectivity index (χ0) is 15.5. The van der Waals surface area contributed by atoms with Crippen LogP contribution in [-0.4, -0.2) is 32.9 Å². The molecule has 23 heavy (non-hydrogen) atoms. The van der Waals surface area contributed by atoms with E-state index < -0.39 is 0 Å². The lowest BCUT2D eigenvalue weighted by atomic mass is 9.96. The number of nitrogens with one attached hydrogen (secondary N) is 1. The van der Waals surface area contributed by atoms with Crippen LogP contribution in [0.5, 0.6) is 0 Å². The Balaban J connectivity index is 1.36. The Hall–Kier alpha value is -2.40. The number of nitrogens with zero attached hydrogens (tertiary/aromatic N) is 3. The van der Waals surface area contributed by atoms with Crippen LogP contribution < -0.4 is 0 Å². The maximum atomic E-state index is 5.90. The van der Waals surface area contributed by atoms with Gasteiger partial charge in [0.15, 0.2) is 0 Å². The van der Waals surface area contributed by atoms with Crippen LogP contribution in [0.3, 0.4) is 0 Å². The smallest absolute Gasteiger partial charge is 0.226 e. The molecule has 2 aromatic heterocycles. The summed E-state index contributed by atoms with van der Waals surface area (Å²) in [7, 11) is 0. The Morgan fingerprint density at radius 2 is 1.96 bits per heavy atom. The summed E-state index contributed by atoms with van der Waals surface area (Å²) in [6.07, 6.45) is 7.85. The van der Waals surface area contributed by atoms with Gasteiger partial charge in [-0.1, -0.05) is 18.2 Å². The van der Waals surface area contributed by atoms with Crippen LogP contribution in [0.2, 0.25) is 0 Å². The monoisotopic (exact) mass is 308 g/mol. The molecule has 5 heteroatoms. The molecule has 1 fully saturated rings. The van der Waals surface area contributed by atoms with Crippen molar-refractivity contribution in [3.63, 3.8) is 0 Å². The molecular weight excluding hydrogens is 288 g/mol. The lowest BCUT2D eigenvalue weighted by Gasteiger charge is -2.30. The Morgan fingerprint density at radius 1 is 1.13 bits per heavy atom. The highest BCUT2D eigenvalue weighted by Crippen LogP contribution is 2.27. The molecule has 0 unspecified atom stereocenters. The molecule has 0 atom stereocenters. The molecule has 4 rings (SSSR count). The van der Waals surface area contributed by atoms with Crippen LogP contribution in [0.15, 0.2) is 53.3 Å². The Kier molecular flexibility index (Phi) is 3.94. The number of oxazole rings is 1. The summed E-state index contributed by atoms with van der Waals surface area (Å²) in [6, 6.07) is 10.0. The van der Waals surface area contributed by atoms with Crippen LogP contribution in [0, 0.1) is 0 Å². The number of imidazole rings is 1. The third-order valence-electron chi connectivity index (χ3n) is 4.45. The second kappa shape index (κ2) is 6.38. The second-order valence-corrected chi connectivity index (χ2v) is 6.02. The van der Waals surface area contributed by atoms with Gasteiger partial charge < -0.3 is 9.40 Å². The Morgan fingerprint density at radius 3 is 2.70 bits per heavy atom. The summed E-state index contributed by atoms with van der Waals surface area (Å²) in [4.78, 5) is 14.4. The van der Waals surface area contributed by atoms with Crippen molar-refractivity contribution in [2.45, 2.75) is 25.3 Å². The first-order valence-electron chi connectivity index (χ1n) is 8.10. The molecule has 0 radical (unpaired) electrons. The van der Waals surface area contributed by atoms with E-state index in [1.807, 2.05) is 48.9 Å². The number of piperidine rings is 1. The average molecular weight is 308 g/mol. The second-order valence-electron chi connectivity index (χ2n) is 6.02. The minimum Gasteiger partial charge on any atom is -0.440 e. The molecule has 0 amide bonds.